The number of ether oxygens (including phenoxy) is 1. The summed E-state index contributed by atoms with van der Waals surface area (Å²) in [7, 11) is 1.62. The quantitative estimate of drug-likeness (QED) is 0.627. The molecule has 4 rings (SSSR count). The summed E-state index contributed by atoms with van der Waals surface area (Å²) in [5.74, 6) is 0.708. The van der Waals surface area contributed by atoms with E-state index in [-0.39, 0.29) is 11.4 Å². The van der Waals surface area contributed by atoms with Crippen molar-refractivity contribution in [2.45, 2.75) is 5.50 Å². The number of amides is 1. The Hall–Kier alpha value is -1.44. The maximum atomic E-state index is 12.9. The highest BCUT2D eigenvalue weighted by Crippen LogP contribution is 2.47. The number of halogens is 2. The zero-order valence-corrected chi connectivity index (χ0v) is 16.5. The van der Waals surface area contributed by atoms with Gasteiger partial charge in [-0.2, -0.15) is 0 Å². The summed E-state index contributed by atoms with van der Waals surface area (Å²) in [5.41, 5.74) is 2.67. The standard InChI is InChI=1S/C17H12Br2N2O2S/c1-23-15-9(6-10(18)8-11(15)19)7-14-16(22)21-13-5-3-2-4-12(13)20-17(21)24-14/h2-8,17,20H,1H3/b14-7+/t17-/m0/s1. The summed E-state index contributed by atoms with van der Waals surface area (Å²) in [6.07, 6.45) is 1.88. The van der Waals surface area contributed by atoms with Gasteiger partial charge in [0.15, 0.2) is 5.50 Å². The van der Waals surface area contributed by atoms with Crippen LogP contribution in [0.1, 0.15) is 5.56 Å². The number of carbonyl (C=O) groups is 1. The third-order valence-corrected chi connectivity index (χ3v) is 6.02. The fourth-order valence-corrected chi connectivity index (χ4v) is 5.41. The van der Waals surface area contributed by atoms with Crippen molar-refractivity contribution in [1.29, 1.82) is 0 Å². The largest absolute Gasteiger partial charge is 0.495 e. The van der Waals surface area contributed by atoms with E-state index in [2.05, 4.69) is 37.2 Å². The molecular formula is C17H12Br2N2O2S. The molecule has 2 aliphatic rings. The molecule has 0 aromatic heterocycles. The molecule has 7 heteroatoms. The van der Waals surface area contributed by atoms with Crippen LogP contribution in [0.15, 0.2) is 50.2 Å². The second kappa shape index (κ2) is 6.13. The molecule has 0 aliphatic carbocycles. The number of methoxy groups -OCH3 is 1. The van der Waals surface area contributed by atoms with Crippen molar-refractivity contribution in [1.82, 2.24) is 0 Å². The van der Waals surface area contributed by atoms with Crippen LogP contribution in [0, 0.1) is 0 Å². The number of fused-ring (bicyclic) bond motifs is 3. The third kappa shape index (κ3) is 2.55. The van der Waals surface area contributed by atoms with Gasteiger partial charge in [-0.25, -0.2) is 0 Å². The number of nitrogens with zero attached hydrogens (tertiary/aromatic N) is 1. The molecule has 24 heavy (non-hydrogen) atoms. The molecule has 2 aliphatic heterocycles. The van der Waals surface area contributed by atoms with E-state index in [9.17, 15) is 4.79 Å². The highest BCUT2D eigenvalue weighted by molar-refractivity contribution is 9.11. The maximum absolute atomic E-state index is 12.9. The van der Waals surface area contributed by atoms with Crippen LogP contribution >= 0.6 is 43.6 Å². The number of nitrogens with one attached hydrogen (secondary N) is 1. The molecule has 0 radical (unpaired) electrons. The molecule has 0 bridgehead atoms. The Morgan fingerprint density at radius 3 is 2.88 bits per heavy atom. The van der Waals surface area contributed by atoms with Crippen LogP contribution in [0.5, 0.6) is 5.75 Å². The smallest absolute Gasteiger partial charge is 0.267 e. The fourth-order valence-electron chi connectivity index (χ4n) is 2.86. The number of rotatable bonds is 2. The summed E-state index contributed by atoms with van der Waals surface area (Å²) >= 11 is 8.49. The Balaban J connectivity index is 1.74. The van der Waals surface area contributed by atoms with Crippen molar-refractivity contribution in [2.24, 2.45) is 0 Å². The first-order valence-corrected chi connectivity index (χ1v) is 9.65. The molecule has 1 saturated heterocycles. The van der Waals surface area contributed by atoms with Gasteiger partial charge in [-0.05, 0) is 46.3 Å². The molecule has 1 N–H and O–H groups in total. The van der Waals surface area contributed by atoms with Gasteiger partial charge in [-0.1, -0.05) is 39.8 Å². The van der Waals surface area contributed by atoms with Crippen LogP contribution in [0.25, 0.3) is 6.08 Å². The minimum Gasteiger partial charge on any atom is -0.495 e. The number of benzene rings is 2. The number of para-hydroxylation sites is 2. The summed E-state index contributed by atoms with van der Waals surface area (Å²) in [6.45, 7) is 0. The molecule has 1 fully saturated rings. The van der Waals surface area contributed by atoms with Crippen LogP contribution in [0.3, 0.4) is 0 Å². The summed E-state index contributed by atoms with van der Waals surface area (Å²) in [5, 5.41) is 3.37. The second-order valence-electron chi connectivity index (χ2n) is 5.33. The van der Waals surface area contributed by atoms with Crippen molar-refractivity contribution >= 4 is 67.0 Å². The number of carbonyl (C=O) groups excluding carboxylic acids is 1. The topological polar surface area (TPSA) is 41.6 Å². The van der Waals surface area contributed by atoms with Crippen molar-refractivity contribution < 1.29 is 9.53 Å². The highest BCUT2D eigenvalue weighted by Gasteiger charge is 2.42. The molecule has 1 atom stereocenters. The first-order chi connectivity index (χ1) is 11.6. The molecule has 0 saturated carbocycles. The molecule has 2 heterocycles. The van der Waals surface area contributed by atoms with Crippen LogP contribution in [0.4, 0.5) is 11.4 Å². The molecule has 2 aromatic carbocycles. The van der Waals surface area contributed by atoms with E-state index in [1.165, 1.54) is 11.8 Å². The molecule has 0 unspecified atom stereocenters. The minimum absolute atomic E-state index is 0.000557. The lowest BCUT2D eigenvalue weighted by Crippen LogP contribution is -2.31. The second-order valence-corrected chi connectivity index (χ2v) is 8.22. The normalized spacial score (nSPS) is 20.1. The van der Waals surface area contributed by atoms with Crippen molar-refractivity contribution in [3.8, 4) is 5.75 Å². The van der Waals surface area contributed by atoms with Crippen molar-refractivity contribution in [3.05, 3.63) is 55.8 Å². The van der Waals surface area contributed by atoms with Crippen LogP contribution in [-0.2, 0) is 4.79 Å². The number of hydrogen-bond acceptors (Lipinski definition) is 4. The van der Waals surface area contributed by atoms with E-state index < -0.39 is 0 Å². The van der Waals surface area contributed by atoms with E-state index in [0.717, 1.165) is 25.9 Å². The van der Waals surface area contributed by atoms with Gasteiger partial charge in [0.1, 0.15) is 5.75 Å². The Kier molecular flexibility index (Phi) is 4.10. The van der Waals surface area contributed by atoms with Gasteiger partial charge in [0, 0.05) is 10.0 Å². The highest BCUT2D eigenvalue weighted by atomic mass is 79.9. The Bertz CT molecular complexity index is 885. The Morgan fingerprint density at radius 1 is 1.29 bits per heavy atom. The monoisotopic (exact) mass is 466 g/mol. The van der Waals surface area contributed by atoms with Crippen LogP contribution < -0.4 is 15.0 Å². The fraction of sp³-hybridized carbons (Fsp3) is 0.118. The van der Waals surface area contributed by atoms with Gasteiger partial charge < -0.3 is 10.1 Å². The van der Waals surface area contributed by atoms with Gasteiger partial charge in [0.2, 0.25) is 0 Å². The first-order valence-electron chi connectivity index (χ1n) is 7.19. The average molecular weight is 468 g/mol. The summed E-state index contributed by atoms with van der Waals surface area (Å²) in [4.78, 5) is 15.3. The molecule has 1 amide bonds. The number of thioether (sulfide) groups is 1. The lowest BCUT2D eigenvalue weighted by atomic mass is 10.2. The lowest BCUT2D eigenvalue weighted by Gasteiger charge is -2.13. The van der Waals surface area contributed by atoms with E-state index in [0.29, 0.717) is 10.7 Å². The lowest BCUT2D eigenvalue weighted by molar-refractivity contribution is -0.114. The van der Waals surface area contributed by atoms with E-state index in [1.54, 1.807) is 12.0 Å². The van der Waals surface area contributed by atoms with E-state index >= 15 is 0 Å². The SMILES string of the molecule is COc1c(Br)cc(Br)cc1/C=C1/S[C@H]2Nc3ccccc3N2C1=O. The van der Waals surface area contributed by atoms with Gasteiger partial charge in [-0.15, -0.1) is 0 Å². The predicted molar refractivity (Wildman–Crippen MR) is 105 cm³/mol. The molecule has 2 aromatic rings. The predicted octanol–water partition coefficient (Wildman–Crippen LogP) is 5.05. The Morgan fingerprint density at radius 2 is 2.08 bits per heavy atom. The zero-order chi connectivity index (χ0) is 16.8. The van der Waals surface area contributed by atoms with Gasteiger partial charge in [0.05, 0.1) is 27.9 Å². The molecular weight excluding hydrogens is 456 g/mol. The molecule has 122 valence electrons. The van der Waals surface area contributed by atoms with Crippen LogP contribution in [-0.4, -0.2) is 18.5 Å². The van der Waals surface area contributed by atoms with E-state index in [4.69, 9.17) is 4.74 Å². The Labute approximate surface area is 160 Å². The van der Waals surface area contributed by atoms with Gasteiger partial charge >= 0.3 is 0 Å². The number of anilines is 2. The van der Waals surface area contributed by atoms with Crippen molar-refractivity contribution in [3.63, 3.8) is 0 Å². The number of hydrogen-bond donors (Lipinski definition) is 1. The zero-order valence-electron chi connectivity index (χ0n) is 12.5. The van der Waals surface area contributed by atoms with Crippen LogP contribution in [0.2, 0.25) is 0 Å². The van der Waals surface area contributed by atoms with Gasteiger partial charge in [-0.3, -0.25) is 9.69 Å². The minimum atomic E-state index is -0.0947. The first kappa shape index (κ1) is 16.1. The maximum Gasteiger partial charge on any atom is 0.267 e. The summed E-state index contributed by atoms with van der Waals surface area (Å²) in [6, 6.07) is 11.7. The molecule has 0 spiro atoms. The third-order valence-electron chi connectivity index (χ3n) is 3.87. The van der Waals surface area contributed by atoms with Crippen molar-refractivity contribution in [2.75, 3.05) is 17.3 Å². The van der Waals surface area contributed by atoms with Gasteiger partial charge in [0.25, 0.3) is 5.91 Å². The summed E-state index contributed by atoms with van der Waals surface area (Å²) < 4.78 is 7.22. The average Bonchev–Trinajstić information content (AvgIpc) is 3.04. The van der Waals surface area contributed by atoms with E-state index in [1.807, 2.05) is 42.5 Å². The molecule has 4 nitrogen and oxygen atoms in total.